The van der Waals surface area contributed by atoms with Gasteiger partial charge in [-0.25, -0.2) is 0 Å². The Bertz CT molecular complexity index is 4560. The zero-order valence-electron chi connectivity index (χ0n) is 39.7. The number of hydrogen-bond donors (Lipinski definition) is 0. The summed E-state index contributed by atoms with van der Waals surface area (Å²) in [4.78, 5) is 0. The van der Waals surface area contributed by atoms with Gasteiger partial charge in [0.2, 0.25) is 0 Å². The monoisotopic (exact) mass is 1040 g/mol. The molecule has 333 valence electrons. The molecule has 2 heteroatoms. The average molecular weight is 1040 g/mol. The molecule has 0 saturated carbocycles. The van der Waals surface area contributed by atoms with Gasteiger partial charge in [-0.2, -0.15) is 0 Å². The van der Waals surface area contributed by atoms with Gasteiger partial charge in [-0.1, -0.05) is 78.9 Å². The summed E-state index contributed by atoms with van der Waals surface area (Å²) in [7, 11) is 0. The summed E-state index contributed by atoms with van der Waals surface area (Å²) in [6, 6.07) is 95.0. The van der Waals surface area contributed by atoms with E-state index < -0.39 is 20.8 Å². The van der Waals surface area contributed by atoms with E-state index in [4.69, 9.17) is 0 Å². The van der Waals surface area contributed by atoms with E-state index >= 15 is 0 Å². The molecule has 1 unspecified atom stereocenters. The average Bonchev–Trinajstić information content (AvgIpc) is 4.09. The van der Waals surface area contributed by atoms with E-state index in [2.05, 4.69) is 265 Å². The predicted octanol–water partition coefficient (Wildman–Crippen LogP) is 15.7. The predicted molar refractivity (Wildman–Crippen MR) is 310 cm³/mol. The molecule has 0 bridgehead atoms. The molecule has 0 fully saturated rings. The van der Waals surface area contributed by atoms with Gasteiger partial charge in [-0.05, 0) is 32.7 Å². The van der Waals surface area contributed by atoms with E-state index in [-0.39, 0.29) is 0 Å². The summed E-state index contributed by atoms with van der Waals surface area (Å²) in [5.74, 6) is 0. The number of fused-ring (bicyclic) bond motifs is 20. The van der Waals surface area contributed by atoms with Gasteiger partial charge >= 0.3 is 331 Å². The molecule has 1 heterocycles. The van der Waals surface area contributed by atoms with Crippen LogP contribution in [0.25, 0.3) is 121 Å². The molecule has 0 aromatic heterocycles. The normalized spacial score (nSPS) is 14.6. The van der Waals surface area contributed by atoms with Gasteiger partial charge < -0.3 is 0 Å². The number of rotatable bonds is 4. The van der Waals surface area contributed by atoms with E-state index in [0.717, 1.165) is 0 Å². The quantitative estimate of drug-likeness (QED) is 0.0936. The van der Waals surface area contributed by atoms with Crippen LogP contribution in [0.4, 0.5) is 0 Å². The Balaban J connectivity index is 1.06. The van der Waals surface area contributed by atoms with Gasteiger partial charge in [-0.3, -0.25) is 0 Å². The Kier molecular flexibility index (Phi) is 8.97. The van der Waals surface area contributed by atoms with Crippen LogP contribution in [0.1, 0.15) is 22.3 Å². The van der Waals surface area contributed by atoms with Crippen molar-refractivity contribution in [1.82, 2.24) is 0 Å². The Morgan fingerprint density at radius 3 is 1.38 bits per heavy atom. The first-order valence-electron chi connectivity index (χ1n) is 25.3. The van der Waals surface area contributed by atoms with Crippen molar-refractivity contribution in [2.75, 3.05) is 0 Å². The molecule has 1 atom stereocenters. The molecule has 0 saturated heterocycles. The van der Waals surface area contributed by atoms with Crippen molar-refractivity contribution in [3.05, 3.63) is 271 Å². The van der Waals surface area contributed by atoms with Crippen LogP contribution in [0, 0.1) is 0 Å². The Morgan fingerprint density at radius 1 is 0.247 bits per heavy atom. The summed E-state index contributed by atoms with van der Waals surface area (Å²) in [6.45, 7) is 0. The molecule has 3 aliphatic rings. The van der Waals surface area contributed by atoms with Crippen LogP contribution in [-0.2, 0) is 5.41 Å². The van der Waals surface area contributed by atoms with Gasteiger partial charge in [0.1, 0.15) is 0 Å². The van der Waals surface area contributed by atoms with Crippen molar-refractivity contribution in [3.8, 4) is 77.9 Å². The first-order valence-corrected chi connectivity index (χ1v) is 28.5. The van der Waals surface area contributed by atoms with Crippen LogP contribution in [0.5, 0.6) is 0 Å². The fourth-order valence-corrected chi connectivity index (χ4v) is 17.4. The van der Waals surface area contributed by atoms with Crippen molar-refractivity contribution in [2.45, 2.75) is 5.41 Å². The van der Waals surface area contributed by atoms with Gasteiger partial charge in [0.25, 0.3) is 0 Å². The minimum absolute atomic E-state index is 0.451. The molecule has 13 aromatic rings. The van der Waals surface area contributed by atoms with Crippen LogP contribution in [0.2, 0.25) is 0 Å². The molecule has 0 N–H and O–H groups in total. The molecule has 16 rings (SSSR count). The molecule has 2 aliphatic carbocycles. The van der Waals surface area contributed by atoms with Crippen LogP contribution >= 0.6 is 0 Å². The van der Waals surface area contributed by atoms with Crippen LogP contribution < -0.4 is 13.2 Å². The standard InChI is InChI=1S/C71H41Ge2/c72-63-38-13-9-23-48(63)43-20-2-1-19-42(43)46-29-15-31-51-58(46)41-59-47(49-33-18-40-65-68(49)56-28-10-14-39-64(56)73-65)30-16-32-52(59)66(51)57-34-17-37-62-67(57)54-26-7-11-35-60(54)71(62)61-36-12-8-27-55(61)69-50-24-5-3-21-44(50)45-22-4-6-25-53(45)70(69)71/h1-41H. The fourth-order valence-electron chi connectivity index (χ4n) is 13.8. The molecule has 1 aliphatic heterocycles. The molecule has 5 radical (unpaired) electrons. The molecular weight excluding hydrogens is 998 g/mol. The van der Waals surface area contributed by atoms with Crippen LogP contribution in [-0.4, -0.2) is 31.9 Å². The molecule has 73 heavy (non-hydrogen) atoms. The second-order valence-corrected chi connectivity index (χ2v) is 23.9. The van der Waals surface area contributed by atoms with E-state index in [9.17, 15) is 0 Å². The van der Waals surface area contributed by atoms with Crippen molar-refractivity contribution in [3.63, 3.8) is 0 Å². The molecule has 0 amide bonds. The second-order valence-electron chi connectivity index (χ2n) is 20.0. The van der Waals surface area contributed by atoms with Gasteiger partial charge in [0.15, 0.2) is 0 Å². The maximum atomic E-state index is 2.54. The molecule has 0 nitrogen and oxygen atoms in total. The number of benzene rings is 13. The minimum atomic E-state index is -0.553. The van der Waals surface area contributed by atoms with Crippen molar-refractivity contribution >= 4 is 88.2 Å². The van der Waals surface area contributed by atoms with Crippen LogP contribution in [0.15, 0.2) is 249 Å². The van der Waals surface area contributed by atoms with E-state index in [1.54, 1.807) is 0 Å². The summed E-state index contributed by atoms with van der Waals surface area (Å²) in [5, 5.41) is 10.3. The Labute approximate surface area is 439 Å². The van der Waals surface area contributed by atoms with Gasteiger partial charge in [0.05, 0.1) is 0 Å². The molecule has 1 spiro atoms. The van der Waals surface area contributed by atoms with Gasteiger partial charge in [0, 0.05) is 0 Å². The fraction of sp³-hybridized carbons (Fsp3) is 0.0141. The molecule has 13 aromatic carbocycles. The zero-order chi connectivity index (χ0) is 47.9. The second kappa shape index (κ2) is 15.7. The Hall–Kier alpha value is -8.01. The summed E-state index contributed by atoms with van der Waals surface area (Å²) in [6.07, 6.45) is 0. The summed E-state index contributed by atoms with van der Waals surface area (Å²) >= 11 is 1.78. The van der Waals surface area contributed by atoms with E-state index in [1.807, 2.05) is 0 Å². The Morgan fingerprint density at radius 2 is 0.671 bits per heavy atom. The van der Waals surface area contributed by atoms with E-state index in [1.165, 1.54) is 156 Å². The summed E-state index contributed by atoms with van der Waals surface area (Å²) < 4.78 is 4.31. The van der Waals surface area contributed by atoms with Crippen molar-refractivity contribution in [1.29, 1.82) is 0 Å². The van der Waals surface area contributed by atoms with Crippen molar-refractivity contribution < 1.29 is 0 Å². The third-order valence-electron chi connectivity index (χ3n) is 16.5. The zero-order valence-corrected chi connectivity index (χ0v) is 43.9. The topological polar surface area (TPSA) is 0 Å². The van der Waals surface area contributed by atoms with Crippen molar-refractivity contribution in [2.24, 2.45) is 0 Å². The maximum absolute atomic E-state index is 2.54. The third-order valence-corrected chi connectivity index (χ3v) is 20.4. The van der Waals surface area contributed by atoms with Crippen LogP contribution in [0.3, 0.4) is 0 Å². The third kappa shape index (κ3) is 5.63. The van der Waals surface area contributed by atoms with Gasteiger partial charge in [-0.15, -0.1) is 0 Å². The molecular formula is C71H41Ge2. The van der Waals surface area contributed by atoms with E-state index in [0.29, 0.717) is 0 Å². The first kappa shape index (κ1) is 41.6. The first-order chi connectivity index (χ1) is 36.2. The summed E-state index contributed by atoms with van der Waals surface area (Å²) in [5.41, 5.74) is 23.2. The number of hydrogen-bond acceptors (Lipinski definition) is 0. The SMILES string of the molecule is [Ge][c]1ccccc1-c1ccccc1-c1cccc2c(-c3cccc4c3-c3ccccc3C43c4ccccc4-c4c3c3ccccc3c3ccccc43)c3cccc(-c4ccc[c]5c4-c4cccc[c]4[Ge]5)c3cc12.